The Hall–Kier alpha value is -2.24. The summed E-state index contributed by atoms with van der Waals surface area (Å²) in [6.45, 7) is 0.413. The number of benzene rings is 1. The average molecular weight is 220 g/mol. The van der Waals surface area contributed by atoms with E-state index in [1.54, 1.807) is 12.1 Å². The monoisotopic (exact) mass is 220 g/mol. The van der Waals surface area contributed by atoms with Crippen LogP contribution in [0.4, 0.5) is 11.7 Å². The Morgan fingerprint density at radius 2 is 2.00 bits per heavy atom. The van der Waals surface area contributed by atoms with E-state index in [4.69, 9.17) is 20.6 Å². The summed E-state index contributed by atoms with van der Waals surface area (Å²) < 4.78 is 10.5. The molecule has 84 valence electrons. The van der Waals surface area contributed by atoms with Gasteiger partial charge in [0.15, 0.2) is 0 Å². The van der Waals surface area contributed by atoms with Crippen LogP contribution in [0.5, 0.6) is 5.75 Å². The fourth-order valence-electron chi connectivity index (χ4n) is 1.23. The Kier molecular flexibility index (Phi) is 2.90. The van der Waals surface area contributed by atoms with Crippen LogP contribution < -0.4 is 16.2 Å². The number of anilines is 2. The van der Waals surface area contributed by atoms with E-state index in [9.17, 15) is 0 Å². The van der Waals surface area contributed by atoms with Crippen molar-refractivity contribution < 1.29 is 9.15 Å². The first kappa shape index (κ1) is 10.3. The summed E-state index contributed by atoms with van der Waals surface area (Å²) in [5, 5.41) is 7.26. The Balaban J connectivity index is 1.87. The van der Waals surface area contributed by atoms with Gasteiger partial charge in [0.2, 0.25) is 5.89 Å². The van der Waals surface area contributed by atoms with Gasteiger partial charge in [0.25, 0.3) is 0 Å². The first-order chi connectivity index (χ1) is 7.75. The number of aromatic nitrogens is 2. The summed E-state index contributed by atoms with van der Waals surface area (Å²) >= 11 is 0. The quantitative estimate of drug-likeness (QED) is 0.741. The summed E-state index contributed by atoms with van der Waals surface area (Å²) in [5.74, 6) is 1.10. The summed E-state index contributed by atoms with van der Waals surface area (Å²) in [6, 6.07) is 7.35. The highest BCUT2D eigenvalue weighted by molar-refractivity contribution is 5.51. The topological polar surface area (TPSA) is 100 Å². The summed E-state index contributed by atoms with van der Waals surface area (Å²) in [6.07, 6.45) is 0.499. The maximum Gasteiger partial charge on any atom is 0.312 e. The summed E-state index contributed by atoms with van der Waals surface area (Å²) in [7, 11) is 0. The highest BCUT2D eigenvalue weighted by Crippen LogP contribution is 2.19. The van der Waals surface area contributed by atoms with Crippen LogP contribution in [0.3, 0.4) is 0 Å². The molecule has 0 amide bonds. The van der Waals surface area contributed by atoms with Crippen molar-refractivity contribution in [3.63, 3.8) is 0 Å². The van der Waals surface area contributed by atoms with Crippen LogP contribution >= 0.6 is 0 Å². The molecule has 6 heteroatoms. The molecular formula is C10H12N4O2. The van der Waals surface area contributed by atoms with Crippen molar-refractivity contribution in [2.75, 3.05) is 18.1 Å². The number of hydrogen-bond acceptors (Lipinski definition) is 6. The van der Waals surface area contributed by atoms with Gasteiger partial charge in [-0.15, -0.1) is 5.10 Å². The van der Waals surface area contributed by atoms with Crippen LogP contribution in [-0.2, 0) is 6.42 Å². The van der Waals surface area contributed by atoms with Crippen LogP contribution in [0.1, 0.15) is 5.89 Å². The Morgan fingerprint density at radius 3 is 2.69 bits per heavy atom. The molecule has 2 rings (SSSR count). The standard InChI is InChI=1S/C10H12N4O2/c11-7-3-1-2-4-8(7)15-6-5-9-13-14-10(12)16-9/h1-4H,5-6,11H2,(H2,12,14). The maximum absolute atomic E-state index is 5.71. The molecule has 0 unspecified atom stereocenters. The van der Waals surface area contributed by atoms with Crippen molar-refractivity contribution in [1.82, 2.24) is 10.2 Å². The highest BCUT2D eigenvalue weighted by Gasteiger charge is 2.04. The van der Waals surface area contributed by atoms with E-state index in [-0.39, 0.29) is 6.01 Å². The number of hydrogen-bond donors (Lipinski definition) is 2. The zero-order valence-electron chi connectivity index (χ0n) is 8.59. The molecule has 6 nitrogen and oxygen atoms in total. The smallest absolute Gasteiger partial charge is 0.312 e. The van der Waals surface area contributed by atoms with Crippen molar-refractivity contribution in [3.8, 4) is 5.75 Å². The third-order valence-corrected chi connectivity index (χ3v) is 1.97. The van der Waals surface area contributed by atoms with Crippen molar-refractivity contribution in [2.24, 2.45) is 0 Å². The van der Waals surface area contributed by atoms with E-state index in [0.717, 1.165) is 0 Å². The van der Waals surface area contributed by atoms with Crippen LogP contribution in [-0.4, -0.2) is 16.8 Å². The first-order valence-corrected chi connectivity index (χ1v) is 4.81. The molecule has 0 fully saturated rings. The van der Waals surface area contributed by atoms with E-state index in [1.807, 2.05) is 12.1 Å². The van der Waals surface area contributed by atoms with E-state index in [0.29, 0.717) is 30.4 Å². The van der Waals surface area contributed by atoms with Gasteiger partial charge in [-0.25, -0.2) is 0 Å². The number of nitrogens with zero attached hydrogens (tertiary/aromatic N) is 2. The van der Waals surface area contributed by atoms with Crippen molar-refractivity contribution in [2.45, 2.75) is 6.42 Å². The number of rotatable bonds is 4. The van der Waals surface area contributed by atoms with E-state index >= 15 is 0 Å². The van der Waals surface area contributed by atoms with Crippen molar-refractivity contribution in [1.29, 1.82) is 0 Å². The molecule has 1 heterocycles. The van der Waals surface area contributed by atoms with Gasteiger partial charge in [0.1, 0.15) is 5.75 Å². The lowest BCUT2D eigenvalue weighted by Gasteiger charge is -2.06. The number of para-hydroxylation sites is 2. The minimum absolute atomic E-state index is 0.0641. The average Bonchev–Trinajstić information content (AvgIpc) is 2.67. The largest absolute Gasteiger partial charge is 0.491 e. The predicted octanol–water partition coefficient (Wildman–Crippen LogP) is 0.855. The van der Waals surface area contributed by atoms with Gasteiger partial charge in [-0.1, -0.05) is 17.2 Å². The molecule has 16 heavy (non-hydrogen) atoms. The Labute approximate surface area is 92.2 Å². The van der Waals surface area contributed by atoms with Gasteiger partial charge in [-0.2, -0.15) is 0 Å². The minimum Gasteiger partial charge on any atom is -0.491 e. The predicted molar refractivity (Wildman–Crippen MR) is 58.8 cm³/mol. The van der Waals surface area contributed by atoms with Crippen molar-refractivity contribution in [3.05, 3.63) is 30.2 Å². The Morgan fingerprint density at radius 1 is 1.19 bits per heavy atom. The van der Waals surface area contributed by atoms with Crippen LogP contribution in [0.25, 0.3) is 0 Å². The summed E-state index contributed by atoms with van der Waals surface area (Å²) in [4.78, 5) is 0. The van der Waals surface area contributed by atoms with E-state index < -0.39 is 0 Å². The zero-order valence-corrected chi connectivity index (χ0v) is 8.59. The lowest BCUT2D eigenvalue weighted by molar-refractivity contribution is 0.308. The third-order valence-electron chi connectivity index (χ3n) is 1.97. The second-order valence-corrected chi connectivity index (χ2v) is 3.17. The fourth-order valence-corrected chi connectivity index (χ4v) is 1.23. The minimum atomic E-state index is 0.0641. The molecule has 0 atom stereocenters. The lowest BCUT2D eigenvalue weighted by atomic mass is 10.3. The fraction of sp³-hybridized carbons (Fsp3) is 0.200. The normalized spacial score (nSPS) is 10.2. The van der Waals surface area contributed by atoms with Gasteiger partial charge < -0.3 is 20.6 Å². The van der Waals surface area contributed by atoms with Gasteiger partial charge in [-0.3, -0.25) is 0 Å². The molecule has 0 aliphatic heterocycles. The molecule has 0 aliphatic carbocycles. The molecule has 0 saturated carbocycles. The van der Waals surface area contributed by atoms with Crippen molar-refractivity contribution >= 4 is 11.7 Å². The number of nitrogen functional groups attached to an aromatic ring is 2. The second kappa shape index (κ2) is 4.52. The summed E-state index contributed by atoms with van der Waals surface area (Å²) in [5.41, 5.74) is 11.6. The highest BCUT2D eigenvalue weighted by atomic mass is 16.5. The number of nitrogens with two attached hydrogens (primary N) is 2. The number of ether oxygens (including phenoxy) is 1. The lowest BCUT2D eigenvalue weighted by Crippen LogP contribution is -2.03. The van der Waals surface area contributed by atoms with Crippen LogP contribution in [0.2, 0.25) is 0 Å². The maximum atomic E-state index is 5.71. The SMILES string of the molecule is Nc1nnc(CCOc2ccccc2N)o1. The van der Waals surface area contributed by atoms with Gasteiger partial charge >= 0.3 is 6.01 Å². The van der Waals surface area contributed by atoms with Crippen LogP contribution in [0.15, 0.2) is 28.7 Å². The second-order valence-electron chi connectivity index (χ2n) is 3.17. The molecule has 0 aliphatic rings. The molecule has 0 bridgehead atoms. The van der Waals surface area contributed by atoms with Gasteiger partial charge in [0, 0.05) is 0 Å². The molecule has 2 aromatic rings. The molecule has 1 aromatic heterocycles. The molecule has 0 spiro atoms. The zero-order chi connectivity index (χ0) is 11.4. The van der Waals surface area contributed by atoms with Gasteiger partial charge in [-0.05, 0) is 12.1 Å². The third kappa shape index (κ3) is 2.41. The molecule has 0 radical (unpaired) electrons. The van der Waals surface area contributed by atoms with E-state index in [1.165, 1.54) is 0 Å². The molecule has 0 saturated heterocycles. The first-order valence-electron chi connectivity index (χ1n) is 4.81. The molecule has 4 N–H and O–H groups in total. The van der Waals surface area contributed by atoms with Gasteiger partial charge in [0.05, 0.1) is 18.7 Å². The Bertz CT molecular complexity index is 469. The molecule has 1 aromatic carbocycles. The molecular weight excluding hydrogens is 208 g/mol. The van der Waals surface area contributed by atoms with Crippen LogP contribution in [0, 0.1) is 0 Å². The van der Waals surface area contributed by atoms with E-state index in [2.05, 4.69) is 10.2 Å².